The summed E-state index contributed by atoms with van der Waals surface area (Å²) in [6.45, 7) is 0. The van der Waals surface area contributed by atoms with Crippen LogP contribution in [0.2, 0.25) is 0 Å². The van der Waals surface area contributed by atoms with E-state index in [1.165, 1.54) is 0 Å². The summed E-state index contributed by atoms with van der Waals surface area (Å²) in [5.41, 5.74) is 0. The molecule has 0 amide bonds. The number of carbonyl (C=O) groups excluding carboxylic acids is 1. The van der Waals surface area contributed by atoms with Gasteiger partial charge in [0.05, 0.1) is 19.5 Å². The van der Waals surface area contributed by atoms with E-state index < -0.39 is 16.1 Å². The molecule has 0 atom stereocenters. The Kier molecular flexibility index (Phi) is 3.57. The molecule has 0 bridgehead atoms. The number of esters is 1. The van der Waals surface area contributed by atoms with Crippen molar-refractivity contribution < 1.29 is 22.1 Å². The summed E-state index contributed by atoms with van der Waals surface area (Å²) in [6, 6.07) is 0. The minimum atomic E-state index is -3.89. The number of methoxy groups -OCH3 is 1. The zero-order valence-corrected chi connectivity index (χ0v) is 6.77. The Morgan fingerprint density at radius 1 is 1.36 bits per heavy atom. The van der Waals surface area contributed by atoms with Crippen molar-refractivity contribution in [2.75, 3.05) is 14.2 Å². The summed E-state index contributed by atoms with van der Waals surface area (Å²) < 4.78 is 28.8. The minimum Gasteiger partial charge on any atom is -0.459 e. The minimum absolute atomic E-state index is 0.925. The van der Waals surface area contributed by atoms with Crippen LogP contribution in [0.5, 0.6) is 0 Å². The second kappa shape index (κ2) is 3.95. The zero-order chi connectivity index (χ0) is 8.91. The van der Waals surface area contributed by atoms with Crippen molar-refractivity contribution in [3.8, 4) is 11.2 Å². The molecule has 0 aliphatic carbocycles. The maximum absolute atomic E-state index is 10.4. The fraction of sp³-hybridized carbons (Fsp3) is 0.400. The van der Waals surface area contributed by atoms with E-state index in [1.807, 2.05) is 0 Å². The van der Waals surface area contributed by atoms with Gasteiger partial charge in [0.25, 0.3) is 0 Å². The van der Waals surface area contributed by atoms with Crippen molar-refractivity contribution in [3.05, 3.63) is 0 Å². The number of carbonyl (C=O) groups is 1. The van der Waals surface area contributed by atoms with Crippen molar-refractivity contribution >= 4 is 16.1 Å². The number of rotatable bonds is 1. The van der Waals surface area contributed by atoms with Crippen LogP contribution >= 0.6 is 0 Å². The quantitative estimate of drug-likeness (QED) is 0.295. The van der Waals surface area contributed by atoms with Crippen LogP contribution in [0.4, 0.5) is 0 Å². The van der Waals surface area contributed by atoms with Gasteiger partial charge in [-0.3, -0.25) is 4.18 Å². The maximum Gasteiger partial charge on any atom is 0.385 e. The van der Waals surface area contributed by atoms with Crippen LogP contribution in [-0.4, -0.2) is 28.6 Å². The molecular weight excluding hydrogens is 172 g/mol. The first-order valence-electron chi connectivity index (χ1n) is 2.43. The predicted molar refractivity (Wildman–Crippen MR) is 35.7 cm³/mol. The smallest absolute Gasteiger partial charge is 0.385 e. The third kappa shape index (κ3) is 4.36. The lowest BCUT2D eigenvalue weighted by Gasteiger charge is -1.87. The highest BCUT2D eigenvalue weighted by molar-refractivity contribution is 7.91. The van der Waals surface area contributed by atoms with Crippen molar-refractivity contribution in [1.82, 2.24) is 0 Å². The fourth-order valence-corrected chi connectivity index (χ4v) is 0.489. The molecule has 5 nitrogen and oxygen atoms in total. The van der Waals surface area contributed by atoms with Gasteiger partial charge in [-0.1, -0.05) is 0 Å². The first-order valence-corrected chi connectivity index (χ1v) is 3.84. The lowest BCUT2D eigenvalue weighted by atomic mass is 10.7. The van der Waals surface area contributed by atoms with Gasteiger partial charge in [0.2, 0.25) is 0 Å². The Labute approximate surface area is 64.4 Å². The number of ether oxygens (including phenoxy) is 1. The van der Waals surface area contributed by atoms with E-state index in [1.54, 1.807) is 11.2 Å². The van der Waals surface area contributed by atoms with Crippen molar-refractivity contribution in [1.29, 1.82) is 0 Å². The SMILES string of the molecule is COC(=O)C#CS(=O)(=O)OC. The Balaban J connectivity index is 4.43. The molecule has 62 valence electrons. The first-order chi connectivity index (χ1) is 5.02. The Hall–Kier alpha value is -1.06. The molecule has 0 rings (SSSR count). The zero-order valence-electron chi connectivity index (χ0n) is 5.95. The summed E-state index contributed by atoms with van der Waals surface area (Å²) in [5, 5.41) is 1.58. The molecule has 0 radical (unpaired) electrons. The highest BCUT2D eigenvalue weighted by Gasteiger charge is 2.01. The second-order valence-electron chi connectivity index (χ2n) is 1.34. The van der Waals surface area contributed by atoms with E-state index in [0.29, 0.717) is 0 Å². The van der Waals surface area contributed by atoms with Gasteiger partial charge >= 0.3 is 16.1 Å². The Morgan fingerprint density at radius 3 is 2.27 bits per heavy atom. The molecule has 0 fully saturated rings. The molecule has 0 aromatic carbocycles. The Morgan fingerprint density at radius 2 is 1.91 bits per heavy atom. The molecule has 0 aliphatic rings. The highest BCUT2D eigenvalue weighted by atomic mass is 32.2. The van der Waals surface area contributed by atoms with Crippen molar-refractivity contribution in [2.24, 2.45) is 0 Å². The molecule has 0 aliphatic heterocycles. The summed E-state index contributed by atoms with van der Waals surface area (Å²) in [6.07, 6.45) is 0. The third-order valence-electron chi connectivity index (χ3n) is 0.683. The van der Waals surface area contributed by atoms with E-state index >= 15 is 0 Å². The predicted octanol–water partition coefficient (Wildman–Crippen LogP) is -0.903. The fourth-order valence-electron chi connectivity index (χ4n) is 0.197. The van der Waals surface area contributed by atoms with Crippen molar-refractivity contribution in [2.45, 2.75) is 0 Å². The van der Waals surface area contributed by atoms with Gasteiger partial charge < -0.3 is 4.74 Å². The molecule has 0 N–H and O–H groups in total. The number of hydrogen-bond donors (Lipinski definition) is 0. The van der Waals surface area contributed by atoms with Gasteiger partial charge in [0.1, 0.15) is 0 Å². The molecule has 0 unspecified atom stereocenters. The molecule has 0 heterocycles. The first kappa shape index (κ1) is 9.94. The average Bonchev–Trinajstić information content (AvgIpc) is 2.00. The van der Waals surface area contributed by atoms with Gasteiger partial charge in [-0.15, -0.1) is 0 Å². The van der Waals surface area contributed by atoms with Gasteiger partial charge in [-0.25, -0.2) is 4.79 Å². The lowest BCUT2D eigenvalue weighted by molar-refractivity contribution is -0.133. The second-order valence-corrected chi connectivity index (χ2v) is 2.79. The van der Waals surface area contributed by atoms with Crippen LogP contribution in [0.15, 0.2) is 0 Å². The topological polar surface area (TPSA) is 69.7 Å². The Bertz CT molecular complexity index is 291. The van der Waals surface area contributed by atoms with E-state index in [9.17, 15) is 13.2 Å². The normalized spacial score (nSPS) is 9.64. The van der Waals surface area contributed by atoms with E-state index in [2.05, 4.69) is 8.92 Å². The van der Waals surface area contributed by atoms with E-state index in [0.717, 1.165) is 14.2 Å². The van der Waals surface area contributed by atoms with Crippen LogP contribution < -0.4 is 0 Å². The number of hydrogen-bond acceptors (Lipinski definition) is 5. The monoisotopic (exact) mass is 178 g/mol. The summed E-state index contributed by atoms with van der Waals surface area (Å²) in [4.78, 5) is 10.3. The standard InChI is InChI=1S/C5H6O5S/c1-9-5(6)3-4-11(7,8)10-2/h1-2H3. The summed E-state index contributed by atoms with van der Waals surface area (Å²) in [5.74, 6) is 0.774. The van der Waals surface area contributed by atoms with Crippen LogP contribution in [0, 0.1) is 11.2 Å². The van der Waals surface area contributed by atoms with Crippen LogP contribution in [0.25, 0.3) is 0 Å². The largest absolute Gasteiger partial charge is 0.459 e. The third-order valence-corrected chi connectivity index (χ3v) is 1.47. The van der Waals surface area contributed by atoms with Crippen LogP contribution in [0.3, 0.4) is 0 Å². The lowest BCUT2D eigenvalue weighted by Crippen LogP contribution is -2.00. The molecule has 0 saturated heterocycles. The van der Waals surface area contributed by atoms with Crippen LogP contribution in [-0.2, 0) is 23.8 Å². The van der Waals surface area contributed by atoms with Crippen LogP contribution in [0.1, 0.15) is 0 Å². The maximum atomic E-state index is 10.4. The van der Waals surface area contributed by atoms with Gasteiger partial charge in [0, 0.05) is 5.92 Å². The summed E-state index contributed by atoms with van der Waals surface area (Å²) in [7, 11) is -1.85. The highest BCUT2D eigenvalue weighted by Crippen LogP contribution is 1.84. The molecule has 0 aromatic rings. The summed E-state index contributed by atoms with van der Waals surface area (Å²) >= 11 is 0. The van der Waals surface area contributed by atoms with Crippen molar-refractivity contribution in [3.63, 3.8) is 0 Å². The molecule has 0 saturated carbocycles. The van der Waals surface area contributed by atoms with Gasteiger partial charge in [-0.05, 0) is 0 Å². The molecule has 6 heteroatoms. The van der Waals surface area contributed by atoms with E-state index in [4.69, 9.17) is 0 Å². The molecule has 0 aromatic heterocycles. The van der Waals surface area contributed by atoms with Gasteiger partial charge in [-0.2, -0.15) is 8.42 Å². The average molecular weight is 178 g/mol. The van der Waals surface area contributed by atoms with E-state index in [-0.39, 0.29) is 0 Å². The molecule has 11 heavy (non-hydrogen) atoms. The molecular formula is C5H6O5S. The van der Waals surface area contributed by atoms with Gasteiger partial charge in [0.15, 0.2) is 0 Å². The molecule has 0 spiro atoms.